The Kier molecular flexibility index (Phi) is 7.44. The van der Waals surface area contributed by atoms with Gasteiger partial charge in [-0.2, -0.15) is 0 Å². The largest absolute Gasteiger partial charge is 0.289 e. The summed E-state index contributed by atoms with van der Waals surface area (Å²) in [6.45, 7) is 0. The minimum absolute atomic E-state index is 0.284. The fraction of sp³-hybridized carbons (Fsp3) is 0.200. The number of nitro groups is 4. The molecule has 0 unspecified atom stereocenters. The molecule has 0 radical (unpaired) electrons. The lowest BCUT2D eigenvalue weighted by Gasteiger charge is -2.04. The highest BCUT2D eigenvalue weighted by Crippen LogP contribution is 2.35. The van der Waals surface area contributed by atoms with Gasteiger partial charge >= 0.3 is 0 Å². The fourth-order valence-corrected chi connectivity index (χ4v) is 4.28. The molecule has 0 heterocycles. The Morgan fingerprint density at radius 1 is 0.621 bits per heavy atom. The molecule has 152 valence electrons. The lowest BCUT2D eigenvalue weighted by atomic mass is 10.3. The summed E-state index contributed by atoms with van der Waals surface area (Å²) < 4.78 is 0. The third kappa shape index (κ3) is 5.86. The number of thioether (sulfide) groups is 2. The monoisotopic (exact) mass is 440 g/mol. The van der Waals surface area contributed by atoms with Crippen LogP contribution in [-0.4, -0.2) is 31.2 Å². The van der Waals surface area contributed by atoms with Crippen LogP contribution in [0, 0.1) is 40.5 Å². The summed E-state index contributed by atoms with van der Waals surface area (Å²) in [5.41, 5.74) is -1.46. The number of benzene rings is 2. The van der Waals surface area contributed by atoms with E-state index in [4.69, 9.17) is 0 Å². The minimum atomic E-state index is -0.713. The number of hydrogen-bond donors (Lipinski definition) is 0. The molecule has 0 amide bonds. The van der Waals surface area contributed by atoms with E-state index in [0.29, 0.717) is 17.9 Å². The molecule has 2 aromatic carbocycles. The second-order valence-electron chi connectivity index (χ2n) is 5.38. The van der Waals surface area contributed by atoms with Crippen molar-refractivity contribution in [3.8, 4) is 0 Å². The molecule has 0 bridgehead atoms. The van der Waals surface area contributed by atoms with Gasteiger partial charge in [0.15, 0.2) is 0 Å². The molecule has 2 aromatic rings. The van der Waals surface area contributed by atoms with Crippen LogP contribution < -0.4 is 0 Å². The van der Waals surface area contributed by atoms with Gasteiger partial charge in [-0.3, -0.25) is 40.5 Å². The third-order valence-corrected chi connectivity index (χ3v) is 5.80. The van der Waals surface area contributed by atoms with Crippen LogP contribution in [0.1, 0.15) is 6.42 Å². The highest BCUT2D eigenvalue weighted by atomic mass is 32.2. The van der Waals surface area contributed by atoms with Crippen LogP contribution in [0.15, 0.2) is 46.2 Å². The van der Waals surface area contributed by atoms with Crippen molar-refractivity contribution in [3.63, 3.8) is 0 Å². The first-order chi connectivity index (χ1) is 13.7. The van der Waals surface area contributed by atoms with Gasteiger partial charge in [-0.1, -0.05) is 0 Å². The zero-order valence-corrected chi connectivity index (χ0v) is 16.1. The first-order valence-corrected chi connectivity index (χ1v) is 9.79. The Morgan fingerprint density at radius 3 is 1.31 bits per heavy atom. The average molecular weight is 440 g/mol. The summed E-state index contributed by atoms with van der Waals surface area (Å²) in [5, 5.41) is 43.7. The van der Waals surface area contributed by atoms with Crippen molar-refractivity contribution in [1.82, 2.24) is 0 Å². The molecule has 0 aromatic heterocycles. The number of non-ortho nitro benzene ring substituents is 2. The van der Waals surface area contributed by atoms with E-state index in [2.05, 4.69) is 0 Å². The van der Waals surface area contributed by atoms with Gasteiger partial charge in [-0.05, 0) is 30.1 Å². The van der Waals surface area contributed by atoms with Gasteiger partial charge in [0.05, 0.1) is 41.6 Å². The molecule has 14 heteroatoms. The van der Waals surface area contributed by atoms with Crippen molar-refractivity contribution < 1.29 is 19.7 Å². The Balaban J connectivity index is 1.97. The van der Waals surface area contributed by atoms with Crippen molar-refractivity contribution in [1.29, 1.82) is 0 Å². The van der Waals surface area contributed by atoms with E-state index in [1.54, 1.807) is 0 Å². The highest BCUT2D eigenvalue weighted by Gasteiger charge is 2.21. The first-order valence-electron chi connectivity index (χ1n) is 7.82. The normalized spacial score (nSPS) is 10.5. The molecule has 0 N–H and O–H groups in total. The van der Waals surface area contributed by atoms with Gasteiger partial charge in [-0.25, -0.2) is 0 Å². The van der Waals surface area contributed by atoms with Crippen LogP contribution in [0.5, 0.6) is 0 Å². The SMILES string of the molecule is O=[N+]([O-])c1ccc(SCCCSc2ccc([N+](=O)[O-])cc2[N+](=O)[O-])c([N+](=O)[O-])c1. The van der Waals surface area contributed by atoms with Crippen molar-refractivity contribution in [2.75, 3.05) is 11.5 Å². The number of nitro benzene ring substituents is 4. The Labute approximate surface area is 170 Å². The summed E-state index contributed by atoms with van der Waals surface area (Å²) >= 11 is 2.29. The van der Waals surface area contributed by atoms with Crippen LogP contribution in [0.2, 0.25) is 0 Å². The molecule has 0 aliphatic carbocycles. The molecule has 29 heavy (non-hydrogen) atoms. The predicted molar refractivity (Wildman–Crippen MR) is 106 cm³/mol. The van der Waals surface area contributed by atoms with Crippen LogP contribution in [0.25, 0.3) is 0 Å². The smallest absolute Gasteiger partial charge is 0.258 e. The second kappa shape index (κ2) is 9.79. The van der Waals surface area contributed by atoms with E-state index in [0.717, 1.165) is 35.7 Å². The maximum absolute atomic E-state index is 11.1. The lowest BCUT2D eigenvalue weighted by Crippen LogP contribution is -1.96. The molecule has 0 saturated carbocycles. The third-order valence-electron chi connectivity index (χ3n) is 3.50. The van der Waals surface area contributed by atoms with Gasteiger partial charge in [-0.15, -0.1) is 23.5 Å². The van der Waals surface area contributed by atoms with E-state index in [9.17, 15) is 40.5 Å². The van der Waals surface area contributed by atoms with Gasteiger partial charge in [0.25, 0.3) is 22.7 Å². The Hall–Kier alpha value is -3.26. The molecule has 12 nitrogen and oxygen atoms in total. The molecule has 0 atom stereocenters. The Bertz CT molecular complexity index is 907. The summed E-state index contributed by atoms with van der Waals surface area (Å²) in [6.07, 6.45) is 0.525. The predicted octanol–water partition coefficient (Wildman–Crippen LogP) is 4.59. The zero-order valence-electron chi connectivity index (χ0n) is 14.5. The van der Waals surface area contributed by atoms with Crippen molar-refractivity contribution >= 4 is 46.3 Å². The van der Waals surface area contributed by atoms with E-state index in [1.165, 1.54) is 24.3 Å². The molecule has 0 fully saturated rings. The van der Waals surface area contributed by atoms with Crippen molar-refractivity contribution in [2.45, 2.75) is 16.2 Å². The highest BCUT2D eigenvalue weighted by molar-refractivity contribution is 8.00. The Morgan fingerprint density at radius 2 is 1.00 bits per heavy atom. The standard InChI is InChI=1S/C15H12N4O8S2/c20-16(21)10-2-4-14(12(8-10)18(24)25)28-6-1-7-29-15-5-3-11(17(22)23)9-13(15)19(26)27/h2-5,8-9H,1,6-7H2. The van der Waals surface area contributed by atoms with E-state index in [1.807, 2.05) is 0 Å². The van der Waals surface area contributed by atoms with Gasteiger partial charge in [0, 0.05) is 12.1 Å². The summed E-state index contributed by atoms with van der Waals surface area (Å²) in [6, 6.07) is 6.80. The quantitative estimate of drug-likeness (QED) is 0.220. The molecule has 2 rings (SSSR count). The molecular formula is C15H12N4O8S2. The average Bonchev–Trinajstić information content (AvgIpc) is 2.67. The first kappa shape index (κ1) is 22.0. The van der Waals surface area contributed by atoms with Gasteiger partial charge in [0.2, 0.25) is 0 Å². The zero-order chi connectivity index (χ0) is 21.6. The summed E-state index contributed by atoms with van der Waals surface area (Å²) in [7, 11) is 0. The number of hydrogen-bond acceptors (Lipinski definition) is 10. The van der Waals surface area contributed by atoms with E-state index in [-0.39, 0.29) is 32.5 Å². The lowest BCUT2D eigenvalue weighted by molar-refractivity contribution is -0.396. The topological polar surface area (TPSA) is 173 Å². The number of nitrogens with zero attached hydrogens (tertiary/aromatic N) is 4. The maximum Gasteiger partial charge on any atom is 0.289 e. The van der Waals surface area contributed by atoms with E-state index < -0.39 is 19.7 Å². The van der Waals surface area contributed by atoms with Crippen molar-refractivity contribution in [2.24, 2.45) is 0 Å². The van der Waals surface area contributed by atoms with Crippen molar-refractivity contribution in [3.05, 3.63) is 76.9 Å². The van der Waals surface area contributed by atoms with Gasteiger partial charge in [0.1, 0.15) is 0 Å². The summed E-state index contributed by atoms with van der Waals surface area (Å²) in [5.74, 6) is 0.874. The van der Waals surface area contributed by atoms with Crippen LogP contribution in [0.4, 0.5) is 22.7 Å². The number of rotatable bonds is 10. The molecule has 0 aliphatic rings. The van der Waals surface area contributed by atoms with Gasteiger partial charge < -0.3 is 0 Å². The fourth-order valence-electron chi connectivity index (χ4n) is 2.19. The molecule has 0 saturated heterocycles. The summed E-state index contributed by atoms with van der Waals surface area (Å²) in [4.78, 5) is 41.4. The minimum Gasteiger partial charge on any atom is -0.258 e. The molecular weight excluding hydrogens is 428 g/mol. The molecule has 0 spiro atoms. The second-order valence-corrected chi connectivity index (χ2v) is 7.66. The van der Waals surface area contributed by atoms with Crippen LogP contribution in [-0.2, 0) is 0 Å². The van der Waals surface area contributed by atoms with Crippen LogP contribution >= 0.6 is 23.5 Å². The van der Waals surface area contributed by atoms with E-state index >= 15 is 0 Å². The maximum atomic E-state index is 11.1. The van der Waals surface area contributed by atoms with Crippen LogP contribution in [0.3, 0.4) is 0 Å². The molecule has 0 aliphatic heterocycles.